The molecule has 30 heavy (non-hydrogen) atoms. The van der Waals surface area contributed by atoms with Crippen LogP contribution >= 0.6 is 23.1 Å². The van der Waals surface area contributed by atoms with Gasteiger partial charge in [-0.25, -0.2) is 0 Å². The van der Waals surface area contributed by atoms with E-state index in [0.29, 0.717) is 13.1 Å². The van der Waals surface area contributed by atoms with Crippen LogP contribution in [0.3, 0.4) is 0 Å². The second-order valence-electron chi connectivity index (χ2n) is 6.51. The van der Waals surface area contributed by atoms with E-state index in [-0.39, 0.29) is 11.7 Å². The zero-order chi connectivity index (χ0) is 20.8. The third kappa shape index (κ3) is 4.80. The summed E-state index contributed by atoms with van der Waals surface area (Å²) >= 11 is 3.03. The highest BCUT2D eigenvalue weighted by molar-refractivity contribution is 7.99. The molecule has 4 aromatic heterocycles. The Morgan fingerprint density at radius 3 is 2.83 bits per heavy atom. The molecule has 154 valence electrons. The fraction of sp³-hybridized carbons (Fsp3) is 0.238. The van der Waals surface area contributed by atoms with Crippen LogP contribution in [0.25, 0.3) is 10.7 Å². The minimum absolute atomic E-state index is 0.00331. The second kappa shape index (κ2) is 9.73. The molecule has 0 fully saturated rings. The summed E-state index contributed by atoms with van der Waals surface area (Å²) in [6, 6.07) is 11.6. The Kier molecular flexibility index (Phi) is 6.60. The summed E-state index contributed by atoms with van der Waals surface area (Å²) in [5.41, 5.74) is 0.971. The van der Waals surface area contributed by atoms with E-state index in [1.165, 1.54) is 11.8 Å². The van der Waals surface area contributed by atoms with Crippen LogP contribution in [-0.2, 0) is 24.4 Å². The van der Waals surface area contributed by atoms with Gasteiger partial charge in [-0.2, -0.15) is 0 Å². The Hall–Kier alpha value is -2.91. The minimum atomic E-state index is 0.00331. The first-order valence-electron chi connectivity index (χ1n) is 9.53. The standard InChI is InChI=1S/C21H21N5O2S2/c1-2-26-20(18-8-5-11-29-18)23-24-21(26)30-15-19(27)25(14-17-7-4-10-28-17)13-16-6-3-9-22-12-16/h3-12H,2,13-15H2,1H3. The Morgan fingerprint density at radius 1 is 1.20 bits per heavy atom. The van der Waals surface area contributed by atoms with E-state index in [0.717, 1.165) is 33.7 Å². The fourth-order valence-electron chi connectivity index (χ4n) is 3.02. The van der Waals surface area contributed by atoms with Crippen LogP contribution in [0.15, 0.2) is 70.0 Å². The maximum atomic E-state index is 13.1. The molecule has 4 rings (SSSR count). The van der Waals surface area contributed by atoms with Crippen LogP contribution in [0, 0.1) is 0 Å². The molecule has 0 radical (unpaired) electrons. The maximum Gasteiger partial charge on any atom is 0.233 e. The van der Waals surface area contributed by atoms with Crippen molar-refractivity contribution >= 4 is 29.0 Å². The van der Waals surface area contributed by atoms with Crippen molar-refractivity contribution in [1.82, 2.24) is 24.6 Å². The van der Waals surface area contributed by atoms with Gasteiger partial charge in [-0.3, -0.25) is 9.78 Å². The van der Waals surface area contributed by atoms with Crippen LogP contribution in [-0.4, -0.2) is 36.3 Å². The van der Waals surface area contributed by atoms with Gasteiger partial charge in [0.2, 0.25) is 5.91 Å². The smallest absolute Gasteiger partial charge is 0.233 e. The molecule has 0 saturated carbocycles. The summed E-state index contributed by atoms with van der Waals surface area (Å²) in [4.78, 5) is 20.1. The predicted molar refractivity (Wildman–Crippen MR) is 117 cm³/mol. The molecule has 0 spiro atoms. The molecule has 0 saturated heterocycles. The molecule has 0 aliphatic rings. The molecule has 1 amide bonds. The molecule has 9 heteroatoms. The highest BCUT2D eigenvalue weighted by atomic mass is 32.2. The van der Waals surface area contributed by atoms with Crippen molar-refractivity contribution in [1.29, 1.82) is 0 Å². The Bertz CT molecular complexity index is 1060. The van der Waals surface area contributed by atoms with Crippen LogP contribution in [0.1, 0.15) is 18.2 Å². The van der Waals surface area contributed by atoms with E-state index in [9.17, 15) is 4.79 Å². The van der Waals surface area contributed by atoms with E-state index in [1.54, 1.807) is 34.9 Å². The first-order valence-corrected chi connectivity index (χ1v) is 11.4. The number of aromatic nitrogens is 4. The van der Waals surface area contributed by atoms with Crippen LogP contribution < -0.4 is 0 Å². The van der Waals surface area contributed by atoms with Crippen LogP contribution in [0.4, 0.5) is 0 Å². The third-order valence-corrected chi connectivity index (χ3v) is 6.29. The molecule has 0 aliphatic carbocycles. The fourth-order valence-corrected chi connectivity index (χ4v) is 4.64. The van der Waals surface area contributed by atoms with Gasteiger partial charge in [-0.05, 0) is 42.1 Å². The number of thioether (sulfide) groups is 1. The summed E-state index contributed by atoms with van der Waals surface area (Å²) in [5.74, 6) is 1.85. The van der Waals surface area contributed by atoms with Gasteiger partial charge >= 0.3 is 0 Å². The molecule has 4 heterocycles. The number of hydrogen-bond donors (Lipinski definition) is 0. The maximum absolute atomic E-state index is 13.1. The number of carbonyl (C=O) groups excluding carboxylic acids is 1. The van der Waals surface area contributed by atoms with E-state index in [4.69, 9.17) is 4.42 Å². The molecule has 0 aromatic carbocycles. The van der Waals surface area contributed by atoms with E-state index in [1.807, 2.05) is 46.3 Å². The van der Waals surface area contributed by atoms with Crippen molar-refractivity contribution in [3.63, 3.8) is 0 Å². The zero-order valence-electron chi connectivity index (χ0n) is 16.5. The third-order valence-electron chi connectivity index (χ3n) is 4.48. The Morgan fingerprint density at radius 2 is 2.13 bits per heavy atom. The quantitative estimate of drug-likeness (QED) is 0.361. The topological polar surface area (TPSA) is 77.0 Å². The number of pyridine rings is 1. The molecule has 0 aliphatic heterocycles. The van der Waals surface area contributed by atoms with Gasteiger partial charge in [0.1, 0.15) is 5.76 Å². The summed E-state index contributed by atoms with van der Waals surface area (Å²) in [6.45, 7) is 3.66. The van der Waals surface area contributed by atoms with Crippen molar-refractivity contribution in [3.8, 4) is 10.7 Å². The second-order valence-corrected chi connectivity index (χ2v) is 8.40. The Balaban J connectivity index is 1.47. The van der Waals surface area contributed by atoms with Crippen molar-refractivity contribution in [2.75, 3.05) is 5.75 Å². The number of nitrogens with zero attached hydrogens (tertiary/aromatic N) is 5. The lowest BCUT2D eigenvalue weighted by Gasteiger charge is -2.21. The zero-order valence-corrected chi connectivity index (χ0v) is 18.1. The monoisotopic (exact) mass is 439 g/mol. The molecule has 0 N–H and O–H groups in total. The molecule has 0 atom stereocenters. The molecule has 7 nitrogen and oxygen atoms in total. The summed E-state index contributed by atoms with van der Waals surface area (Å²) in [6.07, 6.45) is 5.12. The van der Waals surface area contributed by atoms with Crippen molar-refractivity contribution in [2.45, 2.75) is 31.7 Å². The van der Waals surface area contributed by atoms with Gasteiger partial charge in [0.05, 0.1) is 23.4 Å². The minimum Gasteiger partial charge on any atom is -0.467 e. The molecular formula is C21H21N5O2S2. The van der Waals surface area contributed by atoms with Crippen molar-refractivity contribution in [3.05, 3.63) is 71.8 Å². The largest absolute Gasteiger partial charge is 0.467 e. The first kappa shape index (κ1) is 20.4. The summed E-state index contributed by atoms with van der Waals surface area (Å²) in [7, 11) is 0. The van der Waals surface area contributed by atoms with Crippen LogP contribution in [0.2, 0.25) is 0 Å². The van der Waals surface area contributed by atoms with Crippen molar-refractivity contribution in [2.24, 2.45) is 0 Å². The van der Waals surface area contributed by atoms with Crippen LogP contribution in [0.5, 0.6) is 0 Å². The Labute approximate surface area is 182 Å². The number of hydrogen-bond acceptors (Lipinski definition) is 7. The highest BCUT2D eigenvalue weighted by Gasteiger charge is 2.19. The summed E-state index contributed by atoms with van der Waals surface area (Å²) < 4.78 is 7.50. The lowest BCUT2D eigenvalue weighted by molar-refractivity contribution is -0.129. The molecule has 0 bridgehead atoms. The number of carbonyl (C=O) groups is 1. The average molecular weight is 440 g/mol. The van der Waals surface area contributed by atoms with Gasteiger partial charge in [0, 0.05) is 25.5 Å². The normalized spacial score (nSPS) is 11.0. The molecule has 0 unspecified atom stereocenters. The molecular weight excluding hydrogens is 418 g/mol. The summed E-state index contributed by atoms with van der Waals surface area (Å²) in [5, 5.41) is 11.4. The molecule has 4 aromatic rings. The number of furan rings is 1. The number of rotatable bonds is 9. The van der Waals surface area contributed by atoms with E-state index >= 15 is 0 Å². The van der Waals surface area contributed by atoms with Gasteiger partial charge in [-0.1, -0.05) is 23.9 Å². The lowest BCUT2D eigenvalue weighted by Crippen LogP contribution is -2.31. The van der Waals surface area contributed by atoms with Crippen molar-refractivity contribution < 1.29 is 9.21 Å². The average Bonchev–Trinajstić information content (AvgIpc) is 3.53. The van der Waals surface area contributed by atoms with Gasteiger partial charge in [-0.15, -0.1) is 21.5 Å². The first-order chi connectivity index (χ1) is 14.7. The highest BCUT2D eigenvalue weighted by Crippen LogP contribution is 2.27. The SMILES string of the molecule is CCn1c(SCC(=O)N(Cc2cccnc2)Cc2ccco2)nnc1-c1cccs1. The van der Waals surface area contributed by atoms with E-state index < -0.39 is 0 Å². The lowest BCUT2D eigenvalue weighted by atomic mass is 10.2. The number of amides is 1. The van der Waals surface area contributed by atoms with Gasteiger partial charge in [0.25, 0.3) is 0 Å². The van der Waals surface area contributed by atoms with E-state index in [2.05, 4.69) is 22.1 Å². The van der Waals surface area contributed by atoms with Gasteiger partial charge in [0.15, 0.2) is 11.0 Å². The van der Waals surface area contributed by atoms with Gasteiger partial charge < -0.3 is 13.9 Å². The number of thiophene rings is 1. The predicted octanol–water partition coefficient (Wildman–Crippen LogP) is 4.34.